The van der Waals surface area contributed by atoms with Gasteiger partial charge in [0.05, 0.1) is 10.7 Å². The molecule has 0 saturated heterocycles. The van der Waals surface area contributed by atoms with Crippen LogP contribution in [0.5, 0.6) is 0 Å². The molecule has 2 heterocycles. The van der Waals surface area contributed by atoms with Crippen LogP contribution in [0.1, 0.15) is 23.4 Å². The summed E-state index contributed by atoms with van der Waals surface area (Å²) in [6.07, 6.45) is 3.63. The highest BCUT2D eigenvalue weighted by Crippen LogP contribution is 2.20. The van der Waals surface area contributed by atoms with E-state index in [2.05, 4.69) is 20.5 Å². The zero-order valence-electron chi connectivity index (χ0n) is 14.1. The monoisotopic (exact) mass is 358 g/mol. The fourth-order valence-corrected chi connectivity index (χ4v) is 2.69. The highest BCUT2D eigenvalue weighted by Gasteiger charge is 2.17. The fourth-order valence-electron chi connectivity index (χ4n) is 2.48. The first-order valence-electron chi connectivity index (χ1n) is 7.99. The Bertz CT molecular complexity index is 858. The van der Waals surface area contributed by atoms with Crippen LogP contribution in [0.15, 0.2) is 42.7 Å². The van der Waals surface area contributed by atoms with Crippen molar-refractivity contribution >= 4 is 17.5 Å². The van der Waals surface area contributed by atoms with Gasteiger partial charge in [0, 0.05) is 25.5 Å². The summed E-state index contributed by atoms with van der Waals surface area (Å²) in [5.74, 6) is 0.656. The highest BCUT2D eigenvalue weighted by molar-refractivity contribution is 6.32. The quantitative estimate of drug-likeness (QED) is 0.734. The summed E-state index contributed by atoms with van der Waals surface area (Å²) in [5.41, 5.74) is 0.695. The standard InChI is InChI=1S/C17H19ClN6O/c1-12(11-23-9-5-8-20-23)10-19-17(25)16-21-13(2)24(22-16)15-7-4-3-6-14(15)18/h3-9,12H,10-11H2,1-2H3,(H,19,25). The molecule has 1 N–H and O–H groups in total. The molecule has 25 heavy (non-hydrogen) atoms. The summed E-state index contributed by atoms with van der Waals surface area (Å²) in [4.78, 5) is 16.6. The molecule has 7 nitrogen and oxygen atoms in total. The Morgan fingerprint density at radius 1 is 1.32 bits per heavy atom. The van der Waals surface area contributed by atoms with Crippen molar-refractivity contribution in [2.75, 3.05) is 6.54 Å². The molecule has 0 fully saturated rings. The maximum Gasteiger partial charge on any atom is 0.290 e. The largest absolute Gasteiger partial charge is 0.349 e. The molecule has 0 aliphatic rings. The molecule has 0 aliphatic heterocycles. The maximum absolute atomic E-state index is 12.3. The molecule has 0 bridgehead atoms. The molecule has 1 unspecified atom stereocenters. The van der Waals surface area contributed by atoms with Gasteiger partial charge in [0.2, 0.25) is 5.82 Å². The van der Waals surface area contributed by atoms with Gasteiger partial charge >= 0.3 is 0 Å². The number of aryl methyl sites for hydroxylation is 1. The highest BCUT2D eigenvalue weighted by atomic mass is 35.5. The van der Waals surface area contributed by atoms with Crippen LogP contribution < -0.4 is 5.32 Å². The number of rotatable bonds is 6. The van der Waals surface area contributed by atoms with Gasteiger partial charge in [-0.3, -0.25) is 9.48 Å². The molecule has 1 aromatic carbocycles. The smallest absolute Gasteiger partial charge is 0.290 e. The number of carbonyl (C=O) groups excluding carboxylic acids is 1. The van der Waals surface area contributed by atoms with Crippen LogP contribution in [0.2, 0.25) is 5.02 Å². The lowest BCUT2D eigenvalue weighted by Gasteiger charge is -2.11. The summed E-state index contributed by atoms with van der Waals surface area (Å²) >= 11 is 6.19. The van der Waals surface area contributed by atoms with E-state index in [1.807, 2.05) is 42.1 Å². The van der Waals surface area contributed by atoms with Crippen LogP contribution >= 0.6 is 11.6 Å². The topological polar surface area (TPSA) is 77.6 Å². The lowest BCUT2D eigenvalue weighted by molar-refractivity contribution is 0.0936. The lowest BCUT2D eigenvalue weighted by Crippen LogP contribution is -2.31. The van der Waals surface area contributed by atoms with Crippen molar-refractivity contribution in [2.24, 2.45) is 5.92 Å². The van der Waals surface area contributed by atoms with Gasteiger partial charge in [0.15, 0.2) is 0 Å². The van der Waals surface area contributed by atoms with Gasteiger partial charge in [-0.2, -0.15) is 5.10 Å². The van der Waals surface area contributed by atoms with Gasteiger partial charge in [-0.25, -0.2) is 9.67 Å². The van der Waals surface area contributed by atoms with E-state index in [-0.39, 0.29) is 17.6 Å². The second-order valence-corrected chi connectivity index (χ2v) is 6.30. The van der Waals surface area contributed by atoms with Crippen LogP contribution in [-0.2, 0) is 6.54 Å². The minimum Gasteiger partial charge on any atom is -0.349 e. The van der Waals surface area contributed by atoms with Crippen molar-refractivity contribution in [3.05, 3.63) is 59.4 Å². The van der Waals surface area contributed by atoms with Crippen molar-refractivity contribution in [1.29, 1.82) is 0 Å². The number of amides is 1. The van der Waals surface area contributed by atoms with Gasteiger partial charge < -0.3 is 5.32 Å². The lowest BCUT2D eigenvalue weighted by atomic mass is 10.2. The summed E-state index contributed by atoms with van der Waals surface area (Å²) in [6, 6.07) is 9.18. The number of hydrogen-bond acceptors (Lipinski definition) is 4. The molecular formula is C17H19ClN6O. The number of nitrogens with one attached hydrogen (secondary N) is 1. The van der Waals surface area contributed by atoms with E-state index in [1.165, 1.54) is 0 Å². The normalized spacial score (nSPS) is 12.1. The third-order valence-electron chi connectivity index (χ3n) is 3.72. The van der Waals surface area contributed by atoms with E-state index in [4.69, 9.17) is 11.6 Å². The first-order valence-corrected chi connectivity index (χ1v) is 8.36. The molecule has 0 saturated carbocycles. The Hall–Kier alpha value is -2.67. The molecule has 0 radical (unpaired) electrons. The first-order chi connectivity index (χ1) is 12.0. The zero-order chi connectivity index (χ0) is 17.8. The van der Waals surface area contributed by atoms with Crippen molar-refractivity contribution in [3.63, 3.8) is 0 Å². The summed E-state index contributed by atoms with van der Waals surface area (Å²) in [5, 5.41) is 11.9. The number of carbonyl (C=O) groups is 1. The summed E-state index contributed by atoms with van der Waals surface area (Å²) in [6.45, 7) is 5.07. The number of benzene rings is 1. The second-order valence-electron chi connectivity index (χ2n) is 5.89. The number of halogens is 1. The summed E-state index contributed by atoms with van der Waals surface area (Å²) in [7, 11) is 0. The van der Waals surface area contributed by atoms with Crippen molar-refractivity contribution < 1.29 is 4.79 Å². The molecule has 130 valence electrons. The third-order valence-corrected chi connectivity index (χ3v) is 4.04. The summed E-state index contributed by atoms with van der Waals surface area (Å²) < 4.78 is 3.41. The molecule has 8 heteroatoms. The molecule has 3 rings (SSSR count). The minimum atomic E-state index is -0.304. The predicted molar refractivity (Wildman–Crippen MR) is 94.8 cm³/mol. The molecule has 0 spiro atoms. The van der Waals surface area contributed by atoms with Gasteiger partial charge in [-0.1, -0.05) is 30.7 Å². The van der Waals surface area contributed by atoms with Crippen LogP contribution in [0, 0.1) is 12.8 Å². The molecule has 3 aromatic rings. The van der Waals surface area contributed by atoms with E-state index in [1.54, 1.807) is 23.9 Å². The van der Waals surface area contributed by atoms with Crippen LogP contribution in [0.25, 0.3) is 5.69 Å². The van der Waals surface area contributed by atoms with Gasteiger partial charge in [-0.15, -0.1) is 5.10 Å². The Morgan fingerprint density at radius 2 is 2.12 bits per heavy atom. The van der Waals surface area contributed by atoms with Crippen LogP contribution in [0.4, 0.5) is 0 Å². The average molecular weight is 359 g/mol. The molecular weight excluding hydrogens is 340 g/mol. The third kappa shape index (κ3) is 4.06. The van der Waals surface area contributed by atoms with Crippen molar-refractivity contribution in [3.8, 4) is 5.69 Å². The molecule has 0 aliphatic carbocycles. The minimum absolute atomic E-state index is 0.128. The Kier molecular flexibility index (Phi) is 5.14. The van der Waals surface area contributed by atoms with Crippen LogP contribution in [-0.4, -0.2) is 37.0 Å². The number of aromatic nitrogens is 5. The molecule has 1 atom stereocenters. The zero-order valence-corrected chi connectivity index (χ0v) is 14.8. The maximum atomic E-state index is 12.3. The van der Waals surface area contributed by atoms with Crippen molar-refractivity contribution in [2.45, 2.75) is 20.4 Å². The predicted octanol–water partition coefficient (Wildman–Crippen LogP) is 2.49. The SMILES string of the molecule is Cc1nc(C(=O)NCC(C)Cn2cccn2)nn1-c1ccccc1Cl. The van der Waals surface area contributed by atoms with E-state index in [9.17, 15) is 4.79 Å². The Labute approximate surface area is 150 Å². The van der Waals surface area contributed by atoms with E-state index in [0.29, 0.717) is 23.1 Å². The Morgan fingerprint density at radius 3 is 2.84 bits per heavy atom. The average Bonchev–Trinajstić information content (AvgIpc) is 3.23. The van der Waals surface area contributed by atoms with E-state index < -0.39 is 0 Å². The fraction of sp³-hybridized carbons (Fsp3) is 0.294. The molecule has 2 aromatic heterocycles. The molecule has 1 amide bonds. The number of hydrogen-bond donors (Lipinski definition) is 1. The second kappa shape index (κ2) is 7.48. The van der Waals surface area contributed by atoms with Crippen molar-refractivity contribution in [1.82, 2.24) is 29.9 Å². The van der Waals surface area contributed by atoms with Gasteiger partial charge in [0.1, 0.15) is 5.82 Å². The first kappa shape index (κ1) is 17.2. The van der Waals surface area contributed by atoms with Gasteiger partial charge in [-0.05, 0) is 31.0 Å². The van der Waals surface area contributed by atoms with Crippen LogP contribution in [0.3, 0.4) is 0 Å². The number of nitrogens with zero attached hydrogens (tertiary/aromatic N) is 5. The van der Waals surface area contributed by atoms with E-state index >= 15 is 0 Å². The van der Waals surface area contributed by atoms with E-state index in [0.717, 1.165) is 6.54 Å². The van der Waals surface area contributed by atoms with Gasteiger partial charge in [0.25, 0.3) is 5.91 Å². The number of para-hydroxylation sites is 1. The Balaban J connectivity index is 1.65.